The fourth-order valence-electron chi connectivity index (χ4n) is 4.98. The fraction of sp³-hybridized carbons (Fsp3) is 0.667. The molecule has 0 N–H and O–H groups in total. The summed E-state index contributed by atoms with van der Waals surface area (Å²) in [5.74, 6) is 4.87. The molecule has 4 aliphatic carbocycles. The van der Waals surface area contributed by atoms with Crippen LogP contribution in [0, 0.1) is 23.7 Å². The molecule has 16 heavy (non-hydrogen) atoms. The van der Waals surface area contributed by atoms with Crippen molar-refractivity contribution in [2.75, 3.05) is 0 Å². The number of hydrogen-bond donors (Lipinski definition) is 0. The number of aromatic nitrogens is 1. The van der Waals surface area contributed by atoms with Crippen LogP contribution in [0.25, 0.3) is 0 Å². The predicted octanol–water partition coefficient (Wildman–Crippen LogP) is 3.62. The molecule has 0 saturated heterocycles. The Morgan fingerprint density at radius 3 is 2.12 bits per heavy atom. The molecule has 1 nitrogen and oxygen atoms in total. The summed E-state index contributed by atoms with van der Waals surface area (Å²) < 4.78 is 0. The van der Waals surface area contributed by atoms with E-state index in [2.05, 4.69) is 17.1 Å². The van der Waals surface area contributed by atoms with Crippen molar-refractivity contribution < 1.29 is 0 Å². The van der Waals surface area contributed by atoms with Crippen molar-refractivity contribution in [2.24, 2.45) is 23.7 Å². The third-order valence-electron chi connectivity index (χ3n) is 5.26. The van der Waals surface area contributed by atoms with Gasteiger partial charge in [0.2, 0.25) is 0 Å². The highest BCUT2D eigenvalue weighted by molar-refractivity contribution is 5.17. The summed E-state index contributed by atoms with van der Waals surface area (Å²) in [7, 11) is 0. The van der Waals surface area contributed by atoms with Gasteiger partial charge in [0, 0.05) is 17.8 Å². The van der Waals surface area contributed by atoms with Gasteiger partial charge >= 0.3 is 0 Å². The summed E-state index contributed by atoms with van der Waals surface area (Å²) in [5, 5.41) is 0. The van der Waals surface area contributed by atoms with E-state index in [0.717, 1.165) is 29.6 Å². The van der Waals surface area contributed by atoms with E-state index in [-0.39, 0.29) is 0 Å². The lowest BCUT2D eigenvalue weighted by Crippen LogP contribution is -2.44. The average molecular weight is 213 g/mol. The largest absolute Gasteiger partial charge is 0.261 e. The zero-order chi connectivity index (χ0) is 10.5. The number of nitrogens with zero attached hydrogens (tertiary/aromatic N) is 1. The van der Waals surface area contributed by atoms with Crippen molar-refractivity contribution in [2.45, 2.75) is 38.0 Å². The molecule has 0 unspecified atom stereocenters. The van der Waals surface area contributed by atoms with Crippen molar-refractivity contribution in [3.8, 4) is 0 Å². The van der Waals surface area contributed by atoms with Gasteiger partial charge < -0.3 is 0 Å². The van der Waals surface area contributed by atoms with Crippen LogP contribution in [0.15, 0.2) is 24.4 Å². The maximum absolute atomic E-state index is 4.62. The van der Waals surface area contributed by atoms with Gasteiger partial charge in [0.05, 0.1) is 0 Å². The predicted molar refractivity (Wildman–Crippen MR) is 64.0 cm³/mol. The van der Waals surface area contributed by atoms with E-state index in [0.29, 0.717) is 0 Å². The van der Waals surface area contributed by atoms with E-state index < -0.39 is 0 Å². The monoisotopic (exact) mass is 213 g/mol. The lowest BCUT2D eigenvalue weighted by atomic mass is 9.51. The molecule has 1 aromatic heterocycles. The minimum absolute atomic E-state index is 0.800. The first-order valence-electron chi connectivity index (χ1n) is 6.81. The molecule has 0 atom stereocenters. The van der Waals surface area contributed by atoms with Crippen molar-refractivity contribution in [3.63, 3.8) is 0 Å². The number of hydrogen-bond acceptors (Lipinski definition) is 1. The standard InChI is InChI=1S/C15H19N/c1-2-4-16-14(3-1)15-12-6-10-5-11(8-12)9-13(15)7-10/h1-4,10-13,15H,5-9H2. The third-order valence-corrected chi connectivity index (χ3v) is 5.26. The second-order valence-corrected chi connectivity index (χ2v) is 6.21. The van der Waals surface area contributed by atoms with Gasteiger partial charge in [-0.05, 0) is 67.9 Å². The molecule has 0 aliphatic heterocycles. The summed E-state index contributed by atoms with van der Waals surface area (Å²) >= 11 is 0. The Hall–Kier alpha value is -0.850. The van der Waals surface area contributed by atoms with Gasteiger partial charge in [-0.1, -0.05) is 6.07 Å². The molecule has 0 radical (unpaired) electrons. The normalized spacial score (nSPS) is 44.9. The van der Waals surface area contributed by atoms with Gasteiger partial charge in [0.15, 0.2) is 0 Å². The van der Waals surface area contributed by atoms with E-state index in [9.17, 15) is 0 Å². The smallest absolute Gasteiger partial charge is 0.0440 e. The highest BCUT2D eigenvalue weighted by atomic mass is 14.7. The first kappa shape index (κ1) is 9.21. The van der Waals surface area contributed by atoms with E-state index in [1.807, 2.05) is 12.3 Å². The molecular formula is C15H19N. The topological polar surface area (TPSA) is 12.9 Å². The average Bonchev–Trinajstić information content (AvgIpc) is 2.29. The van der Waals surface area contributed by atoms with Crippen LogP contribution in [0.2, 0.25) is 0 Å². The Morgan fingerprint density at radius 2 is 1.56 bits per heavy atom. The van der Waals surface area contributed by atoms with Crippen LogP contribution in [-0.4, -0.2) is 4.98 Å². The second-order valence-electron chi connectivity index (χ2n) is 6.21. The molecular weight excluding hydrogens is 194 g/mol. The van der Waals surface area contributed by atoms with Crippen molar-refractivity contribution in [3.05, 3.63) is 30.1 Å². The van der Waals surface area contributed by atoms with Crippen molar-refractivity contribution >= 4 is 0 Å². The molecule has 4 fully saturated rings. The molecule has 0 spiro atoms. The molecule has 0 aromatic carbocycles. The maximum atomic E-state index is 4.62. The molecule has 84 valence electrons. The Bertz CT molecular complexity index is 356. The minimum Gasteiger partial charge on any atom is -0.261 e. The van der Waals surface area contributed by atoms with Crippen LogP contribution >= 0.6 is 0 Å². The molecule has 5 rings (SSSR count). The lowest BCUT2D eigenvalue weighted by molar-refractivity contribution is -0.00414. The number of rotatable bonds is 1. The summed E-state index contributed by atoms with van der Waals surface area (Å²) in [6.45, 7) is 0. The minimum atomic E-state index is 0.800. The maximum Gasteiger partial charge on any atom is 0.0440 e. The Morgan fingerprint density at radius 1 is 0.875 bits per heavy atom. The van der Waals surface area contributed by atoms with Gasteiger partial charge in [-0.2, -0.15) is 0 Å². The van der Waals surface area contributed by atoms with Crippen LogP contribution < -0.4 is 0 Å². The zero-order valence-electron chi connectivity index (χ0n) is 9.68. The molecule has 4 aliphatic rings. The van der Waals surface area contributed by atoms with Gasteiger partial charge in [-0.15, -0.1) is 0 Å². The molecule has 1 aromatic rings. The number of pyridine rings is 1. The second kappa shape index (κ2) is 3.32. The molecule has 0 amide bonds. The molecule has 4 saturated carbocycles. The quantitative estimate of drug-likeness (QED) is 0.694. The van der Waals surface area contributed by atoms with Crippen LogP contribution in [0.1, 0.15) is 43.7 Å². The molecule has 4 bridgehead atoms. The van der Waals surface area contributed by atoms with E-state index >= 15 is 0 Å². The highest BCUT2D eigenvalue weighted by Gasteiger charge is 2.48. The van der Waals surface area contributed by atoms with Crippen LogP contribution in [-0.2, 0) is 0 Å². The SMILES string of the molecule is c1ccc(C2C3CC4CC(C3)CC2C4)nc1. The Labute approximate surface area is 97.3 Å². The Kier molecular flexibility index (Phi) is 1.91. The van der Waals surface area contributed by atoms with E-state index in [1.54, 1.807) is 6.42 Å². The fourth-order valence-corrected chi connectivity index (χ4v) is 4.98. The van der Waals surface area contributed by atoms with E-state index in [4.69, 9.17) is 0 Å². The molecule has 1 heterocycles. The zero-order valence-corrected chi connectivity index (χ0v) is 9.68. The van der Waals surface area contributed by atoms with Crippen LogP contribution in [0.3, 0.4) is 0 Å². The van der Waals surface area contributed by atoms with Crippen molar-refractivity contribution in [1.29, 1.82) is 0 Å². The lowest BCUT2D eigenvalue weighted by Gasteiger charge is -2.54. The molecule has 1 heteroatoms. The summed E-state index contributed by atoms with van der Waals surface area (Å²) in [4.78, 5) is 4.62. The van der Waals surface area contributed by atoms with Crippen molar-refractivity contribution in [1.82, 2.24) is 4.98 Å². The Balaban J connectivity index is 1.70. The van der Waals surface area contributed by atoms with Gasteiger partial charge in [0.25, 0.3) is 0 Å². The van der Waals surface area contributed by atoms with Gasteiger partial charge in [-0.3, -0.25) is 4.98 Å². The summed E-state index contributed by atoms with van der Waals surface area (Å²) in [5.41, 5.74) is 1.39. The van der Waals surface area contributed by atoms with Crippen LogP contribution in [0.5, 0.6) is 0 Å². The highest BCUT2D eigenvalue weighted by Crippen LogP contribution is 2.59. The van der Waals surface area contributed by atoms with Gasteiger partial charge in [-0.25, -0.2) is 0 Å². The first-order chi connectivity index (χ1) is 7.90. The summed E-state index contributed by atoms with van der Waals surface area (Å²) in [6, 6.07) is 6.46. The third kappa shape index (κ3) is 1.27. The first-order valence-corrected chi connectivity index (χ1v) is 6.81. The summed E-state index contributed by atoms with van der Waals surface area (Å²) in [6.07, 6.45) is 9.49. The van der Waals surface area contributed by atoms with Gasteiger partial charge in [0.1, 0.15) is 0 Å². The van der Waals surface area contributed by atoms with Crippen LogP contribution in [0.4, 0.5) is 0 Å². The van der Waals surface area contributed by atoms with E-state index in [1.165, 1.54) is 31.4 Å².